The van der Waals surface area contributed by atoms with Crippen LogP contribution in [0.25, 0.3) is 0 Å². The van der Waals surface area contributed by atoms with E-state index in [0.717, 1.165) is 36.1 Å². The van der Waals surface area contributed by atoms with Gasteiger partial charge in [0.05, 0.1) is 0 Å². The van der Waals surface area contributed by atoms with Gasteiger partial charge in [-0.3, -0.25) is 4.79 Å². The molecule has 1 saturated heterocycles. The van der Waals surface area contributed by atoms with E-state index >= 15 is 0 Å². The van der Waals surface area contributed by atoms with Gasteiger partial charge in [-0.2, -0.15) is 0 Å². The first kappa shape index (κ1) is 15.2. The second kappa shape index (κ2) is 6.16. The molecule has 0 spiro atoms. The molecule has 22 heavy (non-hydrogen) atoms. The van der Waals surface area contributed by atoms with Crippen molar-refractivity contribution in [1.29, 1.82) is 0 Å². The topological polar surface area (TPSA) is 45.5 Å². The molecular weight excluding hydrogens is 344 g/mol. The summed E-state index contributed by atoms with van der Waals surface area (Å²) in [4.78, 5) is 14.5. The van der Waals surface area contributed by atoms with E-state index in [1.807, 2.05) is 40.9 Å². The van der Waals surface area contributed by atoms with Crippen LogP contribution in [0, 0.1) is 0 Å². The molecule has 3 rings (SSSR count). The minimum absolute atomic E-state index is 0.0948. The highest BCUT2D eigenvalue weighted by molar-refractivity contribution is 9.10. The average molecular weight is 363 g/mol. The molecule has 1 fully saturated rings. The fourth-order valence-electron chi connectivity index (χ4n) is 3.06. The van der Waals surface area contributed by atoms with Crippen molar-refractivity contribution in [2.75, 3.05) is 13.1 Å². The summed E-state index contributed by atoms with van der Waals surface area (Å²) >= 11 is 3.41. The van der Waals surface area contributed by atoms with Crippen molar-refractivity contribution in [2.45, 2.75) is 18.8 Å². The quantitative estimate of drug-likeness (QED) is 0.888. The number of carbonyl (C=O) groups excluding carboxylic acids is 1. The third-order valence-electron chi connectivity index (χ3n) is 4.34. The summed E-state index contributed by atoms with van der Waals surface area (Å²) in [7, 11) is 1.89. The molecule has 4 nitrogen and oxygen atoms in total. The van der Waals surface area contributed by atoms with Crippen LogP contribution in [0.1, 0.15) is 34.8 Å². The first-order valence-corrected chi connectivity index (χ1v) is 8.24. The van der Waals surface area contributed by atoms with Crippen LogP contribution < -0.4 is 0 Å². The Morgan fingerprint density at radius 3 is 2.41 bits per heavy atom. The molecular formula is C17H19BrN2O2. The SMILES string of the molecule is Cn1cc(Br)cc1C(=O)N1CCC(c2ccc(O)cc2)CC1. The monoisotopic (exact) mass is 362 g/mol. The van der Waals surface area contributed by atoms with Crippen LogP contribution >= 0.6 is 15.9 Å². The lowest BCUT2D eigenvalue weighted by atomic mass is 9.89. The molecule has 2 heterocycles. The number of likely N-dealkylation sites (tertiary alicyclic amines) is 1. The fourth-order valence-corrected chi connectivity index (χ4v) is 3.59. The van der Waals surface area contributed by atoms with Gasteiger partial charge < -0.3 is 14.6 Å². The minimum Gasteiger partial charge on any atom is -0.508 e. The number of phenols is 1. The maximum atomic E-state index is 12.6. The van der Waals surface area contributed by atoms with Crippen LogP contribution in [0.5, 0.6) is 5.75 Å². The Kier molecular flexibility index (Phi) is 4.25. The highest BCUT2D eigenvalue weighted by Gasteiger charge is 2.25. The summed E-state index contributed by atoms with van der Waals surface area (Å²) in [6.07, 6.45) is 3.82. The number of nitrogens with zero attached hydrogens (tertiary/aromatic N) is 2. The molecule has 0 bridgehead atoms. The molecule has 0 aliphatic carbocycles. The second-order valence-electron chi connectivity index (χ2n) is 5.81. The number of aromatic hydroxyl groups is 1. The Balaban J connectivity index is 1.65. The Bertz CT molecular complexity index is 670. The molecule has 1 aromatic heterocycles. The first-order chi connectivity index (χ1) is 10.5. The van der Waals surface area contributed by atoms with E-state index in [9.17, 15) is 9.90 Å². The largest absolute Gasteiger partial charge is 0.508 e. The van der Waals surface area contributed by atoms with Crippen molar-refractivity contribution in [2.24, 2.45) is 7.05 Å². The molecule has 5 heteroatoms. The van der Waals surface area contributed by atoms with Gasteiger partial charge in [-0.05, 0) is 58.5 Å². The standard InChI is InChI=1S/C17H19BrN2O2/c1-19-11-14(18)10-16(19)17(22)20-8-6-13(7-9-20)12-2-4-15(21)5-3-12/h2-5,10-11,13,21H,6-9H2,1H3. The molecule has 116 valence electrons. The van der Waals surface area contributed by atoms with Gasteiger partial charge in [0.25, 0.3) is 5.91 Å². The zero-order valence-electron chi connectivity index (χ0n) is 12.5. The lowest BCUT2D eigenvalue weighted by Gasteiger charge is -2.32. The summed E-state index contributed by atoms with van der Waals surface area (Å²) in [5, 5.41) is 9.36. The number of rotatable bonds is 2. The number of hydrogen-bond acceptors (Lipinski definition) is 2. The predicted octanol–water partition coefficient (Wildman–Crippen LogP) is 3.51. The highest BCUT2D eigenvalue weighted by atomic mass is 79.9. The Morgan fingerprint density at radius 1 is 1.23 bits per heavy atom. The number of hydrogen-bond donors (Lipinski definition) is 1. The van der Waals surface area contributed by atoms with E-state index in [1.165, 1.54) is 5.56 Å². The number of carbonyl (C=O) groups is 1. The van der Waals surface area contributed by atoms with Crippen LogP contribution in [0.15, 0.2) is 41.0 Å². The second-order valence-corrected chi connectivity index (χ2v) is 6.73. The van der Waals surface area contributed by atoms with E-state index in [0.29, 0.717) is 11.7 Å². The third kappa shape index (κ3) is 3.04. The van der Waals surface area contributed by atoms with Gasteiger partial charge in [-0.15, -0.1) is 0 Å². The van der Waals surface area contributed by atoms with E-state index in [2.05, 4.69) is 15.9 Å². The van der Waals surface area contributed by atoms with Gasteiger partial charge in [-0.25, -0.2) is 0 Å². The molecule has 1 aliphatic heterocycles. The molecule has 0 radical (unpaired) electrons. The van der Waals surface area contributed by atoms with Gasteiger partial charge in [-0.1, -0.05) is 12.1 Å². The predicted molar refractivity (Wildman–Crippen MR) is 89.1 cm³/mol. The fraction of sp³-hybridized carbons (Fsp3) is 0.353. The molecule has 0 saturated carbocycles. The molecule has 1 aliphatic rings. The van der Waals surface area contributed by atoms with Crippen LogP contribution in [0.4, 0.5) is 0 Å². The number of aryl methyl sites for hydroxylation is 1. The van der Waals surface area contributed by atoms with Crippen molar-refractivity contribution < 1.29 is 9.90 Å². The number of benzene rings is 1. The molecule has 1 N–H and O–H groups in total. The molecule has 1 aromatic carbocycles. The number of phenolic OH excluding ortho intramolecular Hbond substituents is 1. The third-order valence-corrected chi connectivity index (χ3v) is 4.77. The van der Waals surface area contributed by atoms with E-state index in [-0.39, 0.29) is 5.91 Å². The number of aromatic nitrogens is 1. The Labute approximate surface area is 138 Å². The normalized spacial score (nSPS) is 16.0. The van der Waals surface area contributed by atoms with Gasteiger partial charge in [0.2, 0.25) is 0 Å². The molecule has 2 aromatic rings. The van der Waals surface area contributed by atoms with Crippen LogP contribution in [0.2, 0.25) is 0 Å². The van der Waals surface area contributed by atoms with Gasteiger partial charge in [0.15, 0.2) is 0 Å². The molecule has 1 amide bonds. The lowest BCUT2D eigenvalue weighted by Crippen LogP contribution is -2.38. The average Bonchev–Trinajstić information content (AvgIpc) is 2.86. The maximum Gasteiger partial charge on any atom is 0.270 e. The van der Waals surface area contributed by atoms with Crippen LogP contribution in [0.3, 0.4) is 0 Å². The van der Waals surface area contributed by atoms with Gasteiger partial charge >= 0.3 is 0 Å². The van der Waals surface area contributed by atoms with Crippen molar-refractivity contribution >= 4 is 21.8 Å². The summed E-state index contributed by atoms with van der Waals surface area (Å²) in [5.74, 6) is 0.854. The maximum absolute atomic E-state index is 12.6. The Hall–Kier alpha value is -1.75. The number of piperidine rings is 1. The van der Waals surface area contributed by atoms with Gasteiger partial charge in [0, 0.05) is 30.8 Å². The molecule has 0 unspecified atom stereocenters. The zero-order valence-corrected chi connectivity index (χ0v) is 14.1. The van der Waals surface area contributed by atoms with E-state index in [1.54, 1.807) is 12.1 Å². The zero-order chi connectivity index (χ0) is 15.7. The first-order valence-electron chi connectivity index (χ1n) is 7.44. The summed E-state index contributed by atoms with van der Waals surface area (Å²) < 4.78 is 2.79. The number of halogens is 1. The minimum atomic E-state index is 0.0948. The number of amides is 1. The molecule has 0 atom stereocenters. The Morgan fingerprint density at radius 2 is 1.86 bits per heavy atom. The van der Waals surface area contributed by atoms with Gasteiger partial charge in [0.1, 0.15) is 11.4 Å². The van der Waals surface area contributed by atoms with Crippen LogP contribution in [-0.2, 0) is 7.05 Å². The van der Waals surface area contributed by atoms with E-state index < -0.39 is 0 Å². The summed E-state index contributed by atoms with van der Waals surface area (Å²) in [6.45, 7) is 1.54. The van der Waals surface area contributed by atoms with E-state index in [4.69, 9.17) is 0 Å². The summed E-state index contributed by atoms with van der Waals surface area (Å²) in [5.41, 5.74) is 1.96. The lowest BCUT2D eigenvalue weighted by molar-refractivity contribution is 0.0703. The van der Waals surface area contributed by atoms with Crippen LogP contribution in [-0.4, -0.2) is 33.6 Å². The smallest absolute Gasteiger partial charge is 0.270 e. The van der Waals surface area contributed by atoms with Crippen molar-refractivity contribution in [3.05, 3.63) is 52.3 Å². The summed E-state index contributed by atoms with van der Waals surface area (Å²) in [6, 6.07) is 9.29. The van der Waals surface area contributed by atoms with Crippen molar-refractivity contribution in [3.8, 4) is 5.75 Å². The van der Waals surface area contributed by atoms with Crippen molar-refractivity contribution in [3.63, 3.8) is 0 Å². The highest BCUT2D eigenvalue weighted by Crippen LogP contribution is 2.29. The van der Waals surface area contributed by atoms with Crippen molar-refractivity contribution in [1.82, 2.24) is 9.47 Å².